The van der Waals surface area contributed by atoms with Crippen LogP contribution in [0.2, 0.25) is 0 Å². The molecule has 0 aliphatic carbocycles. The molecule has 1 aliphatic heterocycles. The van der Waals surface area contributed by atoms with Gasteiger partial charge in [-0.15, -0.1) is 0 Å². The van der Waals surface area contributed by atoms with E-state index in [2.05, 4.69) is 43.6 Å². The van der Waals surface area contributed by atoms with Crippen LogP contribution in [0.4, 0.5) is 10.5 Å². The molecule has 0 saturated carbocycles. The van der Waals surface area contributed by atoms with Gasteiger partial charge in [-0.1, -0.05) is 15.9 Å². The zero-order valence-electron chi connectivity index (χ0n) is 12.2. The SMILES string of the molecule is O=C(O)CCCNC(=O)NC1CCN(c2ccc(Br)cc2)C1. The molecule has 0 bridgehead atoms. The lowest BCUT2D eigenvalue weighted by Crippen LogP contribution is -2.43. The van der Waals surface area contributed by atoms with Crippen molar-refractivity contribution in [2.45, 2.75) is 25.3 Å². The van der Waals surface area contributed by atoms with E-state index in [9.17, 15) is 9.59 Å². The Labute approximate surface area is 138 Å². The molecule has 120 valence electrons. The van der Waals surface area contributed by atoms with Crippen molar-refractivity contribution in [3.63, 3.8) is 0 Å². The van der Waals surface area contributed by atoms with Crippen molar-refractivity contribution in [3.8, 4) is 0 Å². The monoisotopic (exact) mass is 369 g/mol. The van der Waals surface area contributed by atoms with E-state index in [1.165, 1.54) is 0 Å². The first-order chi connectivity index (χ1) is 10.5. The Morgan fingerprint density at radius 2 is 2.05 bits per heavy atom. The van der Waals surface area contributed by atoms with Crippen LogP contribution in [0.3, 0.4) is 0 Å². The number of hydrogen-bond acceptors (Lipinski definition) is 3. The lowest BCUT2D eigenvalue weighted by Gasteiger charge is -2.19. The number of aliphatic carboxylic acids is 1. The first-order valence-electron chi connectivity index (χ1n) is 7.31. The normalized spacial score (nSPS) is 17.3. The van der Waals surface area contributed by atoms with Crippen molar-refractivity contribution < 1.29 is 14.7 Å². The number of anilines is 1. The molecule has 2 amide bonds. The van der Waals surface area contributed by atoms with Gasteiger partial charge in [0.15, 0.2) is 0 Å². The summed E-state index contributed by atoms with van der Waals surface area (Å²) in [5, 5.41) is 14.1. The maximum Gasteiger partial charge on any atom is 0.315 e. The van der Waals surface area contributed by atoms with Gasteiger partial charge in [0, 0.05) is 42.3 Å². The third-order valence-electron chi connectivity index (χ3n) is 3.57. The molecule has 1 aliphatic rings. The number of nitrogens with one attached hydrogen (secondary N) is 2. The fraction of sp³-hybridized carbons (Fsp3) is 0.467. The zero-order valence-corrected chi connectivity index (χ0v) is 13.8. The van der Waals surface area contributed by atoms with Crippen LogP contribution in [0, 0.1) is 0 Å². The molecule has 1 heterocycles. The van der Waals surface area contributed by atoms with Gasteiger partial charge in [-0.25, -0.2) is 4.79 Å². The fourth-order valence-electron chi connectivity index (χ4n) is 2.44. The minimum Gasteiger partial charge on any atom is -0.481 e. The predicted molar refractivity (Wildman–Crippen MR) is 88.2 cm³/mol. The van der Waals surface area contributed by atoms with Crippen molar-refractivity contribution in [2.24, 2.45) is 0 Å². The molecule has 22 heavy (non-hydrogen) atoms. The largest absolute Gasteiger partial charge is 0.481 e. The Bertz CT molecular complexity index is 521. The summed E-state index contributed by atoms with van der Waals surface area (Å²) in [5.41, 5.74) is 1.15. The van der Waals surface area contributed by atoms with Crippen LogP contribution in [0.5, 0.6) is 0 Å². The quantitative estimate of drug-likeness (QED) is 0.671. The number of hydrogen-bond donors (Lipinski definition) is 3. The van der Waals surface area contributed by atoms with Gasteiger partial charge in [-0.05, 0) is 37.1 Å². The summed E-state index contributed by atoms with van der Waals surface area (Å²) in [6, 6.07) is 8.00. The Hall–Kier alpha value is -1.76. The van der Waals surface area contributed by atoms with Crippen LogP contribution < -0.4 is 15.5 Å². The Kier molecular flexibility index (Phi) is 6.06. The van der Waals surface area contributed by atoms with Crippen LogP contribution in [-0.4, -0.2) is 42.8 Å². The molecular weight excluding hydrogens is 350 g/mol. The molecule has 1 saturated heterocycles. The number of carbonyl (C=O) groups is 2. The van der Waals surface area contributed by atoms with E-state index < -0.39 is 5.97 Å². The van der Waals surface area contributed by atoms with Gasteiger partial charge < -0.3 is 20.6 Å². The van der Waals surface area contributed by atoms with E-state index in [1.54, 1.807) is 0 Å². The minimum absolute atomic E-state index is 0.0705. The van der Waals surface area contributed by atoms with Crippen LogP contribution in [-0.2, 0) is 4.79 Å². The summed E-state index contributed by atoms with van der Waals surface area (Å²) in [6.45, 7) is 2.07. The van der Waals surface area contributed by atoms with Crippen molar-refractivity contribution in [1.82, 2.24) is 10.6 Å². The zero-order chi connectivity index (χ0) is 15.9. The molecule has 6 nitrogen and oxygen atoms in total. The predicted octanol–water partition coefficient (Wildman–Crippen LogP) is 2.19. The number of nitrogens with zero attached hydrogens (tertiary/aromatic N) is 1. The van der Waals surface area contributed by atoms with Gasteiger partial charge in [0.1, 0.15) is 0 Å². The Balaban J connectivity index is 1.70. The molecule has 0 spiro atoms. The summed E-state index contributed by atoms with van der Waals surface area (Å²) < 4.78 is 1.05. The standard InChI is InChI=1S/C15H20BrN3O3/c16-11-3-5-13(6-4-11)19-9-7-12(10-19)18-15(22)17-8-1-2-14(20)21/h3-6,12H,1-2,7-10H2,(H,20,21)(H2,17,18,22). The van der Waals surface area contributed by atoms with Crippen molar-refractivity contribution in [1.29, 1.82) is 0 Å². The molecule has 0 aromatic heterocycles. The van der Waals surface area contributed by atoms with Gasteiger partial charge >= 0.3 is 12.0 Å². The van der Waals surface area contributed by atoms with Gasteiger partial charge in [0.25, 0.3) is 0 Å². The van der Waals surface area contributed by atoms with Crippen molar-refractivity contribution >= 4 is 33.6 Å². The third-order valence-corrected chi connectivity index (χ3v) is 4.10. The van der Waals surface area contributed by atoms with Gasteiger partial charge in [-0.3, -0.25) is 4.79 Å². The Morgan fingerprint density at radius 3 is 2.73 bits per heavy atom. The highest BCUT2D eigenvalue weighted by Gasteiger charge is 2.23. The molecule has 1 unspecified atom stereocenters. The van der Waals surface area contributed by atoms with E-state index in [1.807, 2.05) is 12.1 Å². The highest BCUT2D eigenvalue weighted by atomic mass is 79.9. The van der Waals surface area contributed by atoms with Crippen molar-refractivity contribution in [2.75, 3.05) is 24.5 Å². The van der Waals surface area contributed by atoms with E-state index in [4.69, 9.17) is 5.11 Å². The lowest BCUT2D eigenvalue weighted by atomic mass is 10.2. The smallest absolute Gasteiger partial charge is 0.315 e. The fourth-order valence-corrected chi connectivity index (χ4v) is 2.71. The molecule has 1 fully saturated rings. The average molecular weight is 370 g/mol. The van der Waals surface area contributed by atoms with Gasteiger partial charge in [0.05, 0.1) is 0 Å². The number of carboxylic acid groups (broad SMARTS) is 1. The van der Waals surface area contributed by atoms with Gasteiger partial charge in [0.2, 0.25) is 0 Å². The molecule has 3 N–H and O–H groups in total. The maximum atomic E-state index is 11.7. The highest BCUT2D eigenvalue weighted by molar-refractivity contribution is 9.10. The topological polar surface area (TPSA) is 81.7 Å². The molecule has 1 aromatic rings. The minimum atomic E-state index is -0.844. The summed E-state index contributed by atoms with van der Waals surface area (Å²) >= 11 is 3.42. The molecular formula is C15H20BrN3O3. The van der Waals surface area contributed by atoms with E-state index in [0.717, 1.165) is 29.7 Å². The number of benzene rings is 1. The number of carbonyl (C=O) groups excluding carboxylic acids is 1. The van der Waals surface area contributed by atoms with Crippen LogP contribution in [0.1, 0.15) is 19.3 Å². The molecule has 7 heteroatoms. The second kappa shape index (κ2) is 8.03. The van der Waals surface area contributed by atoms with Crippen LogP contribution in [0.25, 0.3) is 0 Å². The average Bonchev–Trinajstić information content (AvgIpc) is 2.92. The molecule has 1 aromatic carbocycles. The summed E-state index contributed by atoms with van der Waals surface area (Å²) in [7, 11) is 0. The lowest BCUT2D eigenvalue weighted by molar-refractivity contribution is -0.137. The van der Waals surface area contributed by atoms with Crippen LogP contribution in [0.15, 0.2) is 28.7 Å². The van der Waals surface area contributed by atoms with E-state index in [-0.39, 0.29) is 18.5 Å². The highest BCUT2D eigenvalue weighted by Crippen LogP contribution is 2.22. The Morgan fingerprint density at radius 1 is 1.32 bits per heavy atom. The summed E-state index contributed by atoms with van der Waals surface area (Å²) in [5.74, 6) is -0.844. The van der Waals surface area contributed by atoms with Gasteiger partial charge in [-0.2, -0.15) is 0 Å². The number of rotatable bonds is 6. The van der Waals surface area contributed by atoms with E-state index >= 15 is 0 Å². The van der Waals surface area contributed by atoms with Crippen molar-refractivity contribution in [3.05, 3.63) is 28.7 Å². The molecule has 1 atom stereocenters. The molecule has 2 rings (SSSR count). The molecule has 0 radical (unpaired) electrons. The second-order valence-electron chi connectivity index (χ2n) is 5.31. The van der Waals surface area contributed by atoms with Crippen LogP contribution >= 0.6 is 15.9 Å². The number of urea groups is 1. The van der Waals surface area contributed by atoms with E-state index in [0.29, 0.717) is 13.0 Å². The first kappa shape index (κ1) is 16.6. The summed E-state index contributed by atoms with van der Waals surface area (Å²) in [6.07, 6.45) is 1.41. The maximum absolute atomic E-state index is 11.7. The third kappa shape index (κ3) is 5.22. The first-order valence-corrected chi connectivity index (χ1v) is 8.10. The number of carboxylic acids is 1. The number of amides is 2. The summed E-state index contributed by atoms with van der Waals surface area (Å²) in [4.78, 5) is 24.4. The number of halogens is 1. The second-order valence-corrected chi connectivity index (χ2v) is 6.22.